The van der Waals surface area contributed by atoms with E-state index in [0.717, 1.165) is 51.8 Å². The largest absolute Gasteiger partial charge is 0.457 e. The van der Waals surface area contributed by atoms with Gasteiger partial charge in [-0.15, -0.1) is 0 Å². The van der Waals surface area contributed by atoms with Crippen molar-refractivity contribution in [3.63, 3.8) is 0 Å². The molecule has 0 bridgehead atoms. The quantitative estimate of drug-likeness (QED) is 0.0844. The van der Waals surface area contributed by atoms with Gasteiger partial charge in [0.2, 0.25) is 0 Å². The number of Topliss-reactive ketones (excluding diaryl/α,β-unsaturated/α-hetero) is 2. The van der Waals surface area contributed by atoms with Gasteiger partial charge in [-0.3, -0.25) is 19.6 Å². The number of ketones is 2. The molecule has 1 N–H and O–H groups in total. The monoisotopic (exact) mass is 805 g/mol. The minimum atomic E-state index is -0.378. The molecule has 0 aliphatic carbocycles. The van der Waals surface area contributed by atoms with Gasteiger partial charge in [0, 0.05) is 41.7 Å². The van der Waals surface area contributed by atoms with Gasteiger partial charge in [0.05, 0.1) is 44.0 Å². The summed E-state index contributed by atoms with van der Waals surface area (Å²) in [6, 6.07) is 36.9. The van der Waals surface area contributed by atoms with E-state index in [4.69, 9.17) is 21.1 Å². The number of nitrogens with one attached hydrogen (secondary N) is 1. The lowest BCUT2D eigenvalue weighted by Crippen LogP contribution is -2.07. The number of carbonyl (C=O) groups is 4. The molecule has 2 heterocycles. The van der Waals surface area contributed by atoms with E-state index < -0.39 is 0 Å². The zero-order valence-electron chi connectivity index (χ0n) is 33.2. The predicted octanol–water partition coefficient (Wildman–Crippen LogP) is 11.9. The topological polar surface area (TPSA) is 125 Å². The third kappa shape index (κ3) is 10.6. The minimum absolute atomic E-state index is 0.00670. The van der Waals surface area contributed by atoms with E-state index >= 15 is 0 Å². The number of hydrogen-bond donors (Lipinski definition) is 1. The lowest BCUT2D eigenvalue weighted by atomic mass is 10.0. The second kappa shape index (κ2) is 20.1. The van der Waals surface area contributed by atoms with Crippen molar-refractivity contribution in [1.82, 2.24) is 9.97 Å². The Balaban J connectivity index is 0.000000204. The van der Waals surface area contributed by atoms with Crippen LogP contribution in [-0.2, 0) is 22.7 Å². The zero-order valence-corrected chi connectivity index (χ0v) is 33.9. The molecule has 0 aliphatic rings. The molecule has 0 unspecified atom stereocenters. The molecule has 0 amide bonds. The number of carbonyl (C=O) groups excluding carboxylic acids is 4. The summed E-state index contributed by atoms with van der Waals surface area (Å²) < 4.78 is 10.8. The molecule has 0 atom stereocenters. The highest BCUT2D eigenvalue weighted by atomic mass is 35.5. The molecule has 9 nitrogen and oxygen atoms in total. The number of benzene rings is 5. The summed E-state index contributed by atoms with van der Waals surface area (Å²) in [4.78, 5) is 58.1. The van der Waals surface area contributed by atoms with E-state index in [0.29, 0.717) is 51.0 Å². The Morgan fingerprint density at radius 3 is 1.61 bits per heavy atom. The summed E-state index contributed by atoms with van der Waals surface area (Å²) in [6.45, 7) is 6.24. The van der Waals surface area contributed by atoms with Crippen LogP contribution in [0.1, 0.15) is 97.7 Å². The Morgan fingerprint density at radius 1 is 0.593 bits per heavy atom. The Kier molecular flexibility index (Phi) is 14.3. The molecule has 7 rings (SSSR count). The van der Waals surface area contributed by atoms with Crippen molar-refractivity contribution < 1.29 is 28.7 Å². The number of aryl methyl sites for hydroxylation is 1. The normalized spacial score (nSPS) is 10.7. The number of anilines is 2. The van der Waals surface area contributed by atoms with Gasteiger partial charge < -0.3 is 14.8 Å². The van der Waals surface area contributed by atoms with Crippen molar-refractivity contribution in [2.75, 3.05) is 5.32 Å². The van der Waals surface area contributed by atoms with Crippen LogP contribution in [0.3, 0.4) is 0 Å². The number of hydrogen-bond acceptors (Lipinski definition) is 9. The van der Waals surface area contributed by atoms with Crippen LogP contribution < -0.4 is 5.32 Å². The molecule has 298 valence electrons. The zero-order chi connectivity index (χ0) is 41.7. The fourth-order valence-electron chi connectivity index (χ4n) is 6.35. The van der Waals surface area contributed by atoms with Crippen molar-refractivity contribution in [3.05, 3.63) is 178 Å². The smallest absolute Gasteiger partial charge is 0.338 e. The van der Waals surface area contributed by atoms with E-state index in [1.807, 2.05) is 87.5 Å². The summed E-state index contributed by atoms with van der Waals surface area (Å²) in [5, 5.41) is 5.45. The first-order valence-electron chi connectivity index (χ1n) is 19.5. The molecular weight excluding hydrogens is 762 g/mol. The number of ether oxygens (including phenoxy) is 2. The SMILES string of the molecule is CCCC(=O)c1cnc2cc(COC(=O)c3ccccc3)ccc2c1Cl.CCCC(=O)c1cnc2cc(COC(=O)c3ccccc3)ccc2c1Nc1ccccc1C. The minimum Gasteiger partial charge on any atom is -0.457 e. The van der Waals surface area contributed by atoms with Crippen LogP contribution in [0.5, 0.6) is 0 Å². The van der Waals surface area contributed by atoms with Crippen LogP contribution in [0.25, 0.3) is 21.8 Å². The number of nitrogens with zero attached hydrogens (tertiary/aromatic N) is 2. The number of aromatic nitrogens is 2. The molecule has 0 fully saturated rings. The highest BCUT2D eigenvalue weighted by Gasteiger charge is 2.18. The molecule has 7 aromatic rings. The van der Waals surface area contributed by atoms with Crippen molar-refractivity contribution in [2.24, 2.45) is 0 Å². The number of esters is 2. The maximum Gasteiger partial charge on any atom is 0.338 e. The average molecular weight is 806 g/mol. The van der Waals surface area contributed by atoms with E-state index in [2.05, 4.69) is 15.3 Å². The Hall–Kier alpha value is -6.71. The number of halogens is 1. The van der Waals surface area contributed by atoms with Crippen molar-refractivity contribution >= 4 is 68.3 Å². The maximum atomic E-state index is 12.8. The molecule has 5 aromatic carbocycles. The molecule has 59 heavy (non-hydrogen) atoms. The fraction of sp³-hybridized carbons (Fsp3) is 0.184. The van der Waals surface area contributed by atoms with E-state index in [9.17, 15) is 19.2 Å². The molecule has 2 aromatic heterocycles. The van der Waals surface area contributed by atoms with Crippen LogP contribution in [0.4, 0.5) is 11.4 Å². The first kappa shape index (κ1) is 41.9. The van der Waals surface area contributed by atoms with E-state index in [1.165, 1.54) is 6.20 Å². The lowest BCUT2D eigenvalue weighted by Gasteiger charge is -2.16. The highest BCUT2D eigenvalue weighted by Crippen LogP contribution is 2.32. The Labute approximate surface area is 348 Å². The Bertz CT molecular complexity index is 2610. The predicted molar refractivity (Wildman–Crippen MR) is 233 cm³/mol. The highest BCUT2D eigenvalue weighted by molar-refractivity contribution is 6.38. The first-order valence-corrected chi connectivity index (χ1v) is 19.9. The van der Waals surface area contributed by atoms with Gasteiger partial charge in [0.15, 0.2) is 11.6 Å². The summed E-state index contributed by atoms with van der Waals surface area (Å²) in [7, 11) is 0. The van der Waals surface area contributed by atoms with Crippen LogP contribution in [0.2, 0.25) is 5.02 Å². The molecule has 0 spiro atoms. The van der Waals surface area contributed by atoms with Gasteiger partial charge in [0.25, 0.3) is 0 Å². The van der Waals surface area contributed by atoms with Gasteiger partial charge in [-0.1, -0.05) is 104 Å². The van der Waals surface area contributed by atoms with Crippen molar-refractivity contribution in [1.29, 1.82) is 0 Å². The summed E-state index contributed by atoms with van der Waals surface area (Å²) in [6.07, 6.45) is 5.60. The summed E-state index contributed by atoms with van der Waals surface area (Å²) in [5.74, 6) is -0.695. The molecular formula is C49H44ClN3O6. The molecule has 0 saturated carbocycles. The van der Waals surface area contributed by atoms with Gasteiger partial charge in [-0.25, -0.2) is 9.59 Å². The number of pyridine rings is 2. The second-order valence-electron chi connectivity index (χ2n) is 13.9. The maximum absolute atomic E-state index is 12.8. The molecule has 0 aliphatic heterocycles. The second-order valence-corrected chi connectivity index (χ2v) is 14.3. The van der Waals surface area contributed by atoms with Gasteiger partial charge in [-0.05, 0) is 78.9 Å². The van der Waals surface area contributed by atoms with Gasteiger partial charge >= 0.3 is 11.9 Å². The van der Waals surface area contributed by atoms with Crippen LogP contribution in [0.15, 0.2) is 134 Å². The fourth-order valence-corrected chi connectivity index (χ4v) is 6.66. The van der Waals surface area contributed by atoms with Gasteiger partial charge in [0.1, 0.15) is 13.2 Å². The average Bonchev–Trinajstić information content (AvgIpc) is 3.26. The van der Waals surface area contributed by atoms with Crippen molar-refractivity contribution in [3.8, 4) is 0 Å². The molecule has 0 radical (unpaired) electrons. The Morgan fingerprint density at radius 2 is 1.07 bits per heavy atom. The number of fused-ring (bicyclic) bond motifs is 2. The van der Waals surface area contributed by atoms with E-state index in [-0.39, 0.29) is 36.7 Å². The molecule has 10 heteroatoms. The summed E-state index contributed by atoms with van der Waals surface area (Å²) >= 11 is 6.39. The third-order valence-corrected chi connectivity index (χ3v) is 9.93. The van der Waals surface area contributed by atoms with Gasteiger partial charge in [-0.2, -0.15) is 0 Å². The van der Waals surface area contributed by atoms with Crippen molar-refractivity contribution in [2.45, 2.75) is 59.7 Å². The first-order chi connectivity index (χ1) is 28.7. The van der Waals surface area contributed by atoms with E-state index in [1.54, 1.807) is 60.8 Å². The third-order valence-electron chi connectivity index (χ3n) is 9.52. The number of rotatable bonds is 14. The van der Waals surface area contributed by atoms with Crippen LogP contribution >= 0.6 is 11.6 Å². The lowest BCUT2D eigenvalue weighted by molar-refractivity contribution is 0.0464. The number of para-hydroxylation sites is 1. The van der Waals surface area contributed by atoms with Crippen LogP contribution in [0, 0.1) is 6.92 Å². The summed E-state index contributed by atoms with van der Waals surface area (Å²) in [5.41, 5.74) is 7.85. The standard InChI is InChI=1S/C28H26N2O3.C21H18ClNO3/c1-3-9-26(31)23-17-29-25-16-20(18-33-28(32)21-11-5-4-6-12-21)14-15-22(25)27(23)30-24-13-8-7-10-19(24)2;1-2-6-19(24)17-12-23-18-11-14(9-10-16(18)20(17)22)13-26-21(25)15-7-4-3-5-8-15/h4-8,10-17H,3,9,18H2,1-2H3,(H,29,30);3-5,7-12H,2,6,13H2,1H3. The van der Waals surface area contributed by atoms with Crippen LogP contribution in [-0.4, -0.2) is 33.5 Å². The molecule has 0 saturated heterocycles.